The highest BCUT2D eigenvalue weighted by Gasteiger charge is 2.19. The van der Waals surface area contributed by atoms with Crippen LogP contribution in [-0.4, -0.2) is 21.6 Å². The number of fused-ring (bicyclic) bond motifs is 5. The second-order valence-electron chi connectivity index (χ2n) is 14.8. The predicted octanol–water partition coefficient (Wildman–Crippen LogP) is 12.1. The lowest BCUT2D eigenvalue weighted by Gasteiger charge is -2.13. The minimum atomic E-state index is 0.405. The summed E-state index contributed by atoms with van der Waals surface area (Å²) in [6.07, 6.45) is 0. The van der Waals surface area contributed by atoms with Gasteiger partial charge in [0, 0.05) is 44.0 Å². The summed E-state index contributed by atoms with van der Waals surface area (Å²) in [4.78, 5) is 25.5. The molecule has 0 N–H and O–H groups in total. The van der Waals surface area contributed by atoms with Crippen LogP contribution in [-0.2, 0) is 0 Å². The molecule has 5 heteroatoms. The minimum Gasteiger partial charge on any atom is -0.259 e. The van der Waals surface area contributed by atoms with Crippen molar-refractivity contribution in [3.8, 4) is 78.5 Å². The highest BCUT2D eigenvalue weighted by molar-refractivity contribution is 6.11. The Bertz CT molecular complexity index is 3190. The zero-order chi connectivity index (χ0) is 39.1. The molecule has 0 saturated carbocycles. The maximum absolute atomic E-state index is 5.21. The fraction of sp³-hybridized carbons (Fsp3) is 0.0185. The lowest BCUT2D eigenvalue weighted by molar-refractivity contribution is 1.06. The van der Waals surface area contributed by atoms with E-state index in [0.717, 1.165) is 94.0 Å². The summed E-state index contributed by atoms with van der Waals surface area (Å²) in [7, 11) is 0. The Morgan fingerprint density at radius 1 is 0.322 bits per heavy atom. The van der Waals surface area contributed by atoms with Crippen molar-refractivity contribution >= 4 is 21.7 Å². The molecule has 11 rings (SSSR count). The van der Waals surface area contributed by atoms with Crippen molar-refractivity contribution < 1.29 is 0 Å². The van der Waals surface area contributed by atoms with Gasteiger partial charge in [0.1, 0.15) is 6.67 Å². The molecule has 10 aromatic rings. The van der Waals surface area contributed by atoms with Gasteiger partial charge in [-0.3, -0.25) is 9.98 Å². The Hall–Kier alpha value is -7.89. The van der Waals surface area contributed by atoms with Crippen molar-refractivity contribution in [3.05, 3.63) is 211 Å². The average molecular weight is 754 g/mol. The van der Waals surface area contributed by atoms with Gasteiger partial charge in [-0.15, -0.1) is 0 Å². The molecule has 0 aliphatic carbocycles. The van der Waals surface area contributed by atoms with Gasteiger partial charge in [-0.1, -0.05) is 182 Å². The van der Waals surface area contributed by atoms with E-state index in [4.69, 9.17) is 24.9 Å². The number of benzene rings is 8. The van der Waals surface area contributed by atoms with Crippen molar-refractivity contribution in [1.29, 1.82) is 0 Å². The summed E-state index contributed by atoms with van der Waals surface area (Å²) in [6, 6.07) is 69.8. The Labute approximate surface area is 341 Å². The number of nitrogens with zero attached hydrogens (tertiary/aromatic N) is 5. The molecule has 0 unspecified atom stereocenters. The first-order valence-corrected chi connectivity index (χ1v) is 19.8. The molecular formula is C54H35N5. The Kier molecular flexibility index (Phi) is 8.48. The van der Waals surface area contributed by atoms with Gasteiger partial charge >= 0.3 is 0 Å². The molecule has 1 aliphatic heterocycles. The smallest absolute Gasteiger partial charge is 0.160 e. The SMILES string of the molecule is c1ccc(-c2ccc(-c3cc(-c4ccc(-c5cc6c(-c7ccccc7)nc7ccccc7c6c6c5=NCN=6)cc4)nc(-c4ccc(-c5ccccc5)cc4)n3)cc2)cc1. The molecular weight excluding hydrogens is 719 g/mol. The van der Waals surface area contributed by atoms with E-state index in [0.29, 0.717) is 12.5 Å². The van der Waals surface area contributed by atoms with Crippen LogP contribution in [0.2, 0.25) is 0 Å². The van der Waals surface area contributed by atoms with Gasteiger partial charge in [0.2, 0.25) is 0 Å². The quantitative estimate of drug-likeness (QED) is 0.152. The fourth-order valence-electron chi connectivity index (χ4n) is 8.21. The van der Waals surface area contributed by atoms with Gasteiger partial charge in [-0.2, -0.15) is 0 Å². The zero-order valence-electron chi connectivity index (χ0n) is 32.0. The lowest BCUT2D eigenvalue weighted by atomic mass is 9.94. The van der Waals surface area contributed by atoms with Crippen LogP contribution in [0.15, 0.2) is 210 Å². The van der Waals surface area contributed by atoms with E-state index in [1.165, 1.54) is 11.1 Å². The van der Waals surface area contributed by atoms with Gasteiger partial charge in [0.05, 0.1) is 33.3 Å². The molecule has 0 spiro atoms. The number of hydrogen-bond acceptors (Lipinski definition) is 5. The zero-order valence-corrected chi connectivity index (χ0v) is 32.0. The van der Waals surface area contributed by atoms with Crippen LogP contribution < -0.4 is 10.7 Å². The van der Waals surface area contributed by atoms with E-state index in [9.17, 15) is 0 Å². The first-order chi connectivity index (χ1) is 29.2. The molecule has 2 aromatic heterocycles. The van der Waals surface area contributed by atoms with E-state index < -0.39 is 0 Å². The molecule has 59 heavy (non-hydrogen) atoms. The second kappa shape index (κ2) is 14.6. The lowest BCUT2D eigenvalue weighted by Crippen LogP contribution is -2.25. The van der Waals surface area contributed by atoms with Crippen LogP contribution in [0.1, 0.15) is 0 Å². The highest BCUT2D eigenvalue weighted by Crippen LogP contribution is 2.35. The van der Waals surface area contributed by atoms with Gasteiger partial charge in [0.15, 0.2) is 5.82 Å². The van der Waals surface area contributed by atoms with Crippen LogP contribution >= 0.6 is 0 Å². The summed E-state index contributed by atoms with van der Waals surface area (Å²) < 4.78 is 0. The number of pyridine rings is 1. The third-order valence-electron chi connectivity index (χ3n) is 11.2. The topological polar surface area (TPSA) is 63.4 Å². The molecule has 1 aliphatic rings. The summed E-state index contributed by atoms with van der Waals surface area (Å²) >= 11 is 0. The predicted molar refractivity (Wildman–Crippen MR) is 240 cm³/mol. The molecule has 0 saturated heterocycles. The minimum absolute atomic E-state index is 0.405. The molecule has 3 heterocycles. The maximum atomic E-state index is 5.21. The summed E-state index contributed by atoms with van der Waals surface area (Å²) in [5, 5.41) is 5.10. The molecule has 0 bridgehead atoms. The van der Waals surface area contributed by atoms with Crippen molar-refractivity contribution in [2.24, 2.45) is 9.98 Å². The molecule has 0 fully saturated rings. The Morgan fingerprint density at radius 2 is 0.780 bits per heavy atom. The maximum Gasteiger partial charge on any atom is 0.160 e. The van der Waals surface area contributed by atoms with Crippen molar-refractivity contribution in [1.82, 2.24) is 15.0 Å². The van der Waals surface area contributed by atoms with Crippen LogP contribution in [0.25, 0.3) is 100 Å². The summed E-state index contributed by atoms with van der Waals surface area (Å²) in [5.74, 6) is 0.675. The van der Waals surface area contributed by atoms with E-state index >= 15 is 0 Å². The third-order valence-corrected chi connectivity index (χ3v) is 11.2. The van der Waals surface area contributed by atoms with Gasteiger partial charge < -0.3 is 0 Å². The van der Waals surface area contributed by atoms with E-state index in [-0.39, 0.29) is 0 Å². The standard InChI is InChI=1S/C54H35N5/c1-4-12-35(13-5-1)37-20-26-40(27-21-37)48-33-49(59-54(58-48)43-30-22-38(23-31-43)36-14-6-2-7-15-36)41-28-24-39(25-29-41)45-32-46-50(53-52(45)55-34-56-53)44-18-10-11-19-47(44)57-51(46)42-16-8-3-9-17-42/h1-33H,34H2. The molecule has 0 atom stereocenters. The van der Waals surface area contributed by atoms with E-state index in [2.05, 4.69) is 176 Å². The fourth-order valence-corrected chi connectivity index (χ4v) is 8.21. The summed E-state index contributed by atoms with van der Waals surface area (Å²) in [6.45, 7) is 0.405. The first-order valence-electron chi connectivity index (χ1n) is 19.8. The Morgan fingerprint density at radius 3 is 1.37 bits per heavy atom. The van der Waals surface area contributed by atoms with Gasteiger partial charge in [0.25, 0.3) is 0 Å². The third kappa shape index (κ3) is 6.35. The largest absolute Gasteiger partial charge is 0.259 e. The molecule has 5 nitrogen and oxygen atoms in total. The second-order valence-corrected chi connectivity index (χ2v) is 14.8. The number of aromatic nitrogens is 3. The molecule has 0 radical (unpaired) electrons. The number of para-hydroxylation sites is 1. The van der Waals surface area contributed by atoms with E-state index in [1.54, 1.807) is 0 Å². The number of hydrogen-bond donors (Lipinski definition) is 0. The van der Waals surface area contributed by atoms with Crippen LogP contribution in [0, 0.1) is 0 Å². The van der Waals surface area contributed by atoms with Crippen molar-refractivity contribution in [2.45, 2.75) is 0 Å². The first kappa shape index (κ1) is 34.4. The number of rotatable bonds is 7. The normalized spacial score (nSPS) is 11.9. The molecule has 0 amide bonds. The van der Waals surface area contributed by atoms with Gasteiger partial charge in [-0.05, 0) is 46.0 Å². The van der Waals surface area contributed by atoms with E-state index in [1.807, 2.05) is 24.3 Å². The van der Waals surface area contributed by atoms with Crippen LogP contribution in [0.4, 0.5) is 0 Å². The highest BCUT2D eigenvalue weighted by atomic mass is 15.0. The van der Waals surface area contributed by atoms with Crippen LogP contribution in [0.5, 0.6) is 0 Å². The average Bonchev–Trinajstić information content (AvgIpc) is 3.82. The van der Waals surface area contributed by atoms with Gasteiger partial charge in [-0.25, -0.2) is 15.0 Å². The monoisotopic (exact) mass is 753 g/mol. The summed E-state index contributed by atoms with van der Waals surface area (Å²) in [5.41, 5.74) is 14.4. The van der Waals surface area contributed by atoms with Crippen molar-refractivity contribution in [3.63, 3.8) is 0 Å². The van der Waals surface area contributed by atoms with Crippen LogP contribution in [0.3, 0.4) is 0 Å². The van der Waals surface area contributed by atoms with Crippen molar-refractivity contribution in [2.75, 3.05) is 6.67 Å². The molecule has 8 aromatic carbocycles. The Balaban J connectivity index is 1.03. The molecule has 276 valence electrons.